The van der Waals surface area contributed by atoms with Gasteiger partial charge in [-0.05, 0) is 12.8 Å². The highest BCUT2D eigenvalue weighted by atomic mass is 16.1. The largest absolute Gasteiger partial charge is 0.348 e. The molecule has 7 nitrogen and oxygen atoms in total. The number of carbonyl (C=O) groups is 1. The van der Waals surface area contributed by atoms with Crippen LogP contribution in [0.3, 0.4) is 0 Å². The number of hydrogen-bond acceptors (Lipinski definition) is 5. The van der Waals surface area contributed by atoms with Gasteiger partial charge in [0.25, 0.3) is 5.91 Å². The van der Waals surface area contributed by atoms with Gasteiger partial charge in [0.15, 0.2) is 5.82 Å². The Morgan fingerprint density at radius 3 is 2.80 bits per heavy atom. The molecule has 1 aliphatic rings. The van der Waals surface area contributed by atoms with Crippen molar-refractivity contribution in [3.63, 3.8) is 0 Å². The SMILES string of the molecule is O=C(NC1CCc2nnc(-c3ccccc3)n2CC1)c1cnccn1. The Balaban J connectivity index is 1.48. The maximum atomic E-state index is 12.3. The third kappa shape index (κ3) is 3.26. The van der Waals surface area contributed by atoms with Crippen molar-refractivity contribution in [2.75, 3.05) is 0 Å². The lowest BCUT2D eigenvalue weighted by Crippen LogP contribution is -2.35. The fraction of sp³-hybridized carbons (Fsp3) is 0.278. The second-order valence-electron chi connectivity index (χ2n) is 6.05. The Morgan fingerprint density at radius 1 is 1.12 bits per heavy atom. The quantitative estimate of drug-likeness (QED) is 0.790. The van der Waals surface area contributed by atoms with Gasteiger partial charge >= 0.3 is 0 Å². The van der Waals surface area contributed by atoms with Gasteiger partial charge in [-0.3, -0.25) is 9.78 Å². The van der Waals surface area contributed by atoms with E-state index in [-0.39, 0.29) is 11.9 Å². The fourth-order valence-corrected chi connectivity index (χ4v) is 3.11. The number of benzene rings is 1. The van der Waals surface area contributed by atoms with E-state index >= 15 is 0 Å². The summed E-state index contributed by atoms with van der Waals surface area (Å²) in [7, 11) is 0. The molecule has 4 rings (SSSR count). The molecular weight excluding hydrogens is 316 g/mol. The molecule has 25 heavy (non-hydrogen) atoms. The minimum atomic E-state index is -0.181. The molecule has 7 heteroatoms. The fourth-order valence-electron chi connectivity index (χ4n) is 3.11. The maximum absolute atomic E-state index is 12.3. The molecule has 0 fully saturated rings. The third-order valence-corrected chi connectivity index (χ3v) is 4.41. The molecule has 3 heterocycles. The first-order valence-corrected chi connectivity index (χ1v) is 8.35. The lowest BCUT2D eigenvalue weighted by Gasteiger charge is -2.15. The van der Waals surface area contributed by atoms with Crippen molar-refractivity contribution >= 4 is 5.91 Å². The van der Waals surface area contributed by atoms with E-state index in [9.17, 15) is 4.79 Å². The molecule has 0 radical (unpaired) electrons. The summed E-state index contributed by atoms with van der Waals surface area (Å²) < 4.78 is 2.16. The summed E-state index contributed by atoms with van der Waals surface area (Å²) in [6, 6.07) is 10.1. The monoisotopic (exact) mass is 334 g/mol. The van der Waals surface area contributed by atoms with E-state index in [1.807, 2.05) is 30.3 Å². The molecule has 3 aromatic rings. The molecule has 1 unspecified atom stereocenters. The minimum Gasteiger partial charge on any atom is -0.348 e. The van der Waals surface area contributed by atoms with E-state index in [4.69, 9.17) is 0 Å². The summed E-state index contributed by atoms with van der Waals surface area (Å²) in [5.74, 6) is 1.67. The second-order valence-corrected chi connectivity index (χ2v) is 6.05. The van der Waals surface area contributed by atoms with Crippen LogP contribution in [0, 0.1) is 0 Å². The van der Waals surface area contributed by atoms with Crippen molar-refractivity contribution in [1.29, 1.82) is 0 Å². The average Bonchev–Trinajstić information content (AvgIpc) is 2.98. The van der Waals surface area contributed by atoms with Gasteiger partial charge in [0.1, 0.15) is 11.5 Å². The number of aryl methyl sites for hydroxylation is 1. The molecule has 126 valence electrons. The van der Waals surface area contributed by atoms with Gasteiger partial charge < -0.3 is 9.88 Å². The highest BCUT2D eigenvalue weighted by Crippen LogP contribution is 2.22. The predicted octanol–water partition coefficient (Wildman–Crippen LogP) is 1.87. The minimum absolute atomic E-state index is 0.0832. The van der Waals surface area contributed by atoms with E-state index in [0.717, 1.165) is 43.0 Å². The number of nitrogens with zero attached hydrogens (tertiary/aromatic N) is 5. The molecule has 0 saturated carbocycles. The molecule has 1 atom stereocenters. The van der Waals surface area contributed by atoms with Crippen molar-refractivity contribution in [3.05, 3.63) is 60.4 Å². The molecule has 0 aliphatic carbocycles. The number of aromatic nitrogens is 5. The summed E-state index contributed by atoms with van der Waals surface area (Å²) in [5, 5.41) is 11.7. The number of carbonyl (C=O) groups excluding carboxylic acids is 1. The summed E-state index contributed by atoms with van der Waals surface area (Å²) in [6.45, 7) is 0.776. The Kier molecular flexibility index (Phi) is 4.20. The van der Waals surface area contributed by atoms with Gasteiger partial charge in [-0.2, -0.15) is 0 Å². The predicted molar refractivity (Wildman–Crippen MR) is 91.7 cm³/mol. The van der Waals surface area contributed by atoms with Crippen LogP contribution in [0.15, 0.2) is 48.9 Å². The van der Waals surface area contributed by atoms with E-state index in [1.54, 1.807) is 6.20 Å². The molecular formula is C18H18N6O. The number of nitrogens with one attached hydrogen (secondary N) is 1. The van der Waals surface area contributed by atoms with Crippen molar-refractivity contribution in [2.45, 2.75) is 31.8 Å². The Bertz CT molecular complexity index is 862. The first kappa shape index (κ1) is 15.4. The first-order valence-electron chi connectivity index (χ1n) is 8.35. The standard InChI is InChI=1S/C18H18N6O/c25-18(15-12-19-9-10-20-15)21-14-6-7-16-22-23-17(24(16)11-8-14)13-4-2-1-3-5-13/h1-5,9-10,12,14H,6-8,11H2,(H,21,25). The van der Waals surface area contributed by atoms with Crippen LogP contribution in [0.1, 0.15) is 29.2 Å². The normalized spacial score (nSPS) is 16.7. The van der Waals surface area contributed by atoms with Gasteiger partial charge in [-0.15, -0.1) is 10.2 Å². The van der Waals surface area contributed by atoms with Crippen LogP contribution < -0.4 is 5.32 Å². The van der Waals surface area contributed by atoms with E-state index < -0.39 is 0 Å². The topological polar surface area (TPSA) is 85.6 Å². The van der Waals surface area contributed by atoms with Crippen LogP contribution in [-0.4, -0.2) is 36.7 Å². The van der Waals surface area contributed by atoms with Crippen molar-refractivity contribution < 1.29 is 4.79 Å². The van der Waals surface area contributed by atoms with Gasteiger partial charge in [-0.25, -0.2) is 4.98 Å². The Hall–Kier alpha value is -3.09. The van der Waals surface area contributed by atoms with Crippen molar-refractivity contribution in [1.82, 2.24) is 30.0 Å². The molecule has 2 aromatic heterocycles. The molecule has 0 saturated heterocycles. The van der Waals surface area contributed by atoms with Crippen molar-refractivity contribution in [3.8, 4) is 11.4 Å². The zero-order valence-corrected chi connectivity index (χ0v) is 13.7. The lowest BCUT2D eigenvalue weighted by molar-refractivity contribution is 0.0927. The second kappa shape index (κ2) is 6.80. The molecule has 1 aromatic carbocycles. The van der Waals surface area contributed by atoms with Gasteiger partial charge in [0.05, 0.1) is 6.20 Å². The Morgan fingerprint density at radius 2 is 2.00 bits per heavy atom. The van der Waals surface area contributed by atoms with Crippen LogP contribution >= 0.6 is 0 Å². The van der Waals surface area contributed by atoms with Crippen LogP contribution in [0.2, 0.25) is 0 Å². The summed E-state index contributed by atoms with van der Waals surface area (Å²) in [5.41, 5.74) is 1.40. The van der Waals surface area contributed by atoms with Crippen LogP contribution in [0.5, 0.6) is 0 Å². The van der Waals surface area contributed by atoms with Gasteiger partial charge in [-0.1, -0.05) is 30.3 Å². The first-order chi connectivity index (χ1) is 12.3. The summed E-state index contributed by atoms with van der Waals surface area (Å²) in [4.78, 5) is 20.3. The third-order valence-electron chi connectivity index (χ3n) is 4.41. The molecule has 0 spiro atoms. The number of fused-ring (bicyclic) bond motifs is 1. The van der Waals surface area contributed by atoms with Crippen LogP contribution in [0.25, 0.3) is 11.4 Å². The van der Waals surface area contributed by atoms with Crippen LogP contribution in [0.4, 0.5) is 0 Å². The zero-order chi connectivity index (χ0) is 17.1. The smallest absolute Gasteiger partial charge is 0.271 e. The molecule has 1 aliphatic heterocycles. The van der Waals surface area contributed by atoms with Gasteiger partial charge in [0, 0.05) is 37.0 Å². The maximum Gasteiger partial charge on any atom is 0.271 e. The molecule has 1 N–H and O–H groups in total. The van der Waals surface area contributed by atoms with Crippen LogP contribution in [-0.2, 0) is 13.0 Å². The zero-order valence-electron chi connectivity index (χ0n) is 13.7. The van der Waals surface area contributed by atoms with E-state index in [0.29, 0.717) is 5.69 Å². The lowest BCUT2D eigenvalue weighted by atomic mass is 10.1. The highest BCUT2D eigenvalue weighted by Gasteiger charge is 2.22. The van der Waals surface area contributed by atoms with E-state index in [2.05, 4.69) is 30.0 Å². The molecule has 1 amide bonds. The average molecular weight is 334 g/mol. The van der Waals surface area contributed by atoms with Crippen molar-refractivity contribution in [2.24, 2.45) is 0 Å². The van der Waals surface area contributed by atoms with E-state index in [1.165, 1.54) is 12.4 Å². The van der Waals surface area contributed by atoms with Gasteiger partial charge in [0.2, 0.25) is 0 Å². The summed E-state index contributed by atoms with van der Waals surface area (Å²) in [6.07, 6.45) is 7.00. The highest BCUT2D eigenvalue weighted by molar-refractivity contribution is 5.92. The number of amides is 1. The Labute approximate surface area is 145 Å². The number of rotatable bonds is 3. The number of hydrogen-bond donors (Lipinski definition) is 1. The summed E-state index contributed by atoms with van der Waals surface area (Å²) >= 11 is 0. The molecule has 0 bridgehead atoms.